The second kappa shape index (κ2) is 9.97. The summed E-state index contributed by atoms with van der Waals surface area (Å²) in [5.74, 6) is 0.471. The van der Waals surface area contributed by atoms with E-state index in [4.69, 9.17) is 11.1 Å². The van der Waals surface area contributed by atoms with Gasteiger partial charge in [0.05, 0.1) is 0 Å². The highest BCUT2D eigenvalue weighted by molar-refractivity contribution is 6.16. The van der Waals surface area contributed by atoms with Gasteiger partial charge in [0.15, 0.2) is 5.84 Å². The molecule has 0 bridgehead atoms. The van der Waals surface area contributed by atoms with Gasteiger partial charge in [0, 0.05) is 22.1 Å². The van der Waals surface area contributed by atoms with E-state index in [9.17, 15) is 0 Å². The van der Waals surface area contributed by atoms with Crippen molar-refractivity contribution in [3.8, 4) is 33.4 Å². The molecule has 6 aromatic carbocycles. The lowest BCUT2D eigenvalue weighted by Crippen LogP contribution is -2.17. The fourth-order valence-corrected chi connectivity index (χ4v) is 6.35. The third-order valence-corrected chi connectivity index (χ3v) is 8.57. The van der Waals surface area contributed by atoms with Gasteiger partial charge in [-0.3, -0.25) is 5.41 Å². The Morgan fingerprint density at radius 1 is 0.619 bits per heavy atom. The maximum atomic E-state index is 8.53. The predicted octanol–water partition coefficient (Wildman–Crippen LogP) is 9.21. The van der Waals surface area contributed by atoms with Gasteiger partial charge in [-0.2, -0.15) is 0 Å². The number of hydrogen-bond donors (Lipinski definition) is 2. The molecule has 3 N–H and O–H groups in total. The second-order valence-corrected chi connectivity index (χ2v) is 11.4. The van der Waals surface area contributed by atoms with Gasteiger partial charge in [-0.1, -0.05) is 141 Å². The smallest absolute Gasteiger partial charge is 0.154 e. The average molecular weight is 542 g/mol. The molecule has 0 radical (unpaired) electrons. The van der Waals surface area contributed by atoms with Gasteiger partial charge in [0.25, 0.3) is 0 Å². The van der Waals surface area contributed by atoms with Crippen LogP contribution in [0.5, 0.6) is 0 Å². The Hall–Kier alpha value is -5.28. The maximum absolute atomic E-state index is 8.53. The number of rotatable bonds is 4. The van der Waals surface area contributed by atoms with E-state index in [1.54, 1.807) is 0 Å². The number of aliphatic imine (C=N–C) groups is 1. The molecule has 6 aromatic rings. The molecule has 0 saturated heterocycles. The maximum Gasteiger partial charge on any atom is 0.154 e. The van der Waals surface area contributed by atoms with Crippen molar-refractivity contribution in [1.82, 2.24) is 0 Å². The van der Waals surface area contributed by atoms with Gasteiger partial charge < -0.3 is 5.73 Å². The molecule has 0 aromatic heterocycles. The summed E-state index contributed by atoms with van der Waals surface area (Å²) in [6.45, 7) is 4.63. The monoisotopic (exact) mass is 541 g/mol. The normalized spacial score (nSPS) is 13.5. The number of hydrogen-bond acceptors (Lipinski definition) is 1. The first-order valence-corrected chi connectivity index (χ1v) is 14.3. The van der Waals surface area contributed by atoms with E-state index >= 15 is 0 Å². The van der Waals surface area contributed by atoms with Crippen molar-refractivity contribution in [1.29, 1.82) is 5.41 Å². The van der Waals surface area contributed by atoms with Gasteiger partial charge >= 0.3 is 0 Å². The lowest BCUT2D eigenvalue weighted by molar-refractivity contribution is 0.660. The van der Waals surface area contributed by atoms with Crippen LogP contribution in [0.25, 0.3) is 44.2 Å². The Morgan fingerprint density at radius 3 is 2.07 bits per heavy atom. The Balaban J connectivity index is 1.29. The van der Waals surface area contributed by atoms with Crippen LogP contribution in [0.3, 0.4) is 0 Å². The fourth-order valence-electron chi connectivity index (χ4n) is 6.35. The third-order valence-electron chi connectivity index (χ3n) is 8.57. The van der Waals surface area contributed by atoms with Crippen molar-refractivity contribution in [2.24, 2.45) is 10.7 Å². The SMILES string of the molecule is CC1(C)c2ccccc2-c2ccc(-c3ccc(-c4c(/C(N)=N/C(=N)c5ccccc5)ccc5ccccc45)cc3)cc21. The summed E-state index contributed by atoms with van der Waals surface area (Å²) >= 11 is 0. The molecule has 7 rings (SSSR count). The number of fused-ring (bicyclic) bond motifs is 4. The van der Waals surface area contributed by atoms with Crippen LogP contribution in [-0.4, -0.2) is 11.7 Å². The first kappa shape index (κ1) is 25.7. The van der Waals surface area contributed by atoms with Crippen molar-refractivity contribution >= 4 is 22.4 Å². The molecule has 0 saturated carbocycles. The summed E-state index contributed by atoms with van der Waals surface area (Å²) in [5.41, 5.74) is 18.0. The molecule has 3 nitrogen and oxygen atoms in total. The zero-order valence-corrected chi connectivity index (χ0v) is 23.7. The first-order chi connectivity index (χ1) is 20.4. The molecule has 0 spiro atoms. The number of amidine groups is 2. The molecule has 0 unspecified atom stereocenters. The van der Waals surface area contributed by atoms with Crippen LogP contribution in [0.15, 0.2) is 138 Å². The Labute approximate surface area is 246 Å². The van der Waals surface area contributed by atoms with Gasteiger partial charge in [-0.05, 0) is 55.8 Å². The molecule has 0 amide bonds. The summed E-state index contributed by atoms with van der Waals surface area (Å²) in [5, 5.41) is 10.8. The van der Waals surface area contributed by atoms with E-state index in [1.165, 1.54) is 33.4 Å². The minimum atomic E-state index is -0.0376. The Kier molecular flexibility index (Phi) is 6.09. The number of benzene rings is 6. The number of nitrogens with zero attached hydrogens (tertiary/aromatic N) is 1. The number of nitrogens with two attached hydrogens (primary N) is 1. The van der Waals surface area contributed by atoms with E-state index in [1.807, 2.05) is 48.5 Å². The van der Waals surface area contributed by atoms with Crippen LogP contribution in [0, 0.1) is 5.41 Å². The average Bonchev–Trinajstić information content (AvgIpc) is 3.27. The topological polar surface area (TPSA) is 62.2 Å². The molecule has 1 aliphatic carbocycles. The quantitative estimate of drug-likeness (QED) is 0.170. The molecule has 1 aliphatic rings. The van der Waals surface area contributed by atoms with E-state index in [0.717, 1.165) is 33.0 Å². The second-order valence-electron chi connectivity index (χ2n) is 11.4. The van der Waals surface area contributed by atoms with Crippen molar-refractivity contribution in [3.63, 3.8) is 0 Å². The standard InChI is InChI=1S/C39H31N3/c1-39(2)34-15-9-8-14-31(34)32-22-21-29(24-35(32)39)25-16-18-27(19-17-25)36-30-13-7-6-10-26(30)20-23-33(36)38(41)42-37(40)28-11-4-3-5-12-28/h3-24H,1-2H3,(H3,40,41,42). The van der Waals surface area contributed by atoms with Crippen molar-refractivity contribution in [3.05, 3.63) is 156 Å². The Bertz CT molecular complexity index is 2020. The van der Waals surface area contributed by atoms with Gasteiger partial charge in [0.1, 0.15) is 5.84 Å². The molecule has 0 aliphatic heterocycles. The summed E-state index contributed by atoms with van der Waals surface area (Å²) in [4.78, 5) is 4.52. The summed E-state index contributed by atoms with van der Waals surface area (Å²) < 4.78 is 0. The molecular formula is C39H31N3. The van der Waals surface area contributed by atoms with Gasteiger partial charge in [0.2, 0.25) is 0 Å². The lowest BCUT2D eigenvalue weighted by atomic mass is 9.81. The van der Waals surface area contributed by atoms with Crippen molar-refractivity contribution in [2.45, 2.75) is 19.3 Å². The summed E-state index contributed by atoms with van der Waals surface area (Å²) in [7, 11) is 0. The minimum absolute atomic E-state index is 0.0376. The van der Waals surface area contributed by atoms with Gasteiger partial charge in [-0.25, -0.2) is 4.99 Å². The van der Waals surface area contributed by atoms with Crippen LogP contribution in [0.1, 0.15) is 36.1 Å². The van der Waals surface area contributed by atoms with Crippen molar-refractivity contribution < 1.29 is 0 Å². The zero-order chi connectivity index (χ0) is 28.8. The first-order valence-electron chi connectivity index (χ1n) is 14.3. The van der Waals surface area contributed by atoms with Gasteiger partial charge in [-0.15, -0.1) is 0 Å². The van der Waals surface area contributed by atoms with E-state index < -0.39 is 0 Å². The lowest BCUT2D eigenvalue weighted by Gasteiger charge is -2.22. The summed E-state index contributed by atoms with van der Waals surface area (Å²) in [6.07, 6.45) is 0. The highest BCUT2D eigenvalue weighted by Gasteiger charge is 2.35. The molecule has 0 atom stereocenters. The van der Waals surface area contributed by atoms with Crippen LogP contribution >= 0.6 is 0 Å². The van der Waals surface area contributed by atoms with Crippen LogP contribution < -0.4 is 5.73 Å². The fraction of sp³-hybridized carbons (Fsp3) is 0.0769. The van der Waals surface area contributed by atoms with Crippen LogP contribution in [-0.2, 0) is 5.41 Å². The van der Waals surface area contributed by atoms with Crippen molar-refractivity contribution in [2.75, 3.05) is 0 Å². The van der Waals surface area contributed by atoms with E-state index in [2.05, 4.69) is 104 Å². The molecular weight excluding hydrogens is 510 g/mol. The highest BCUT2D eigenvalue weighted by atomic mass is 14.9. The summed E-state index contributed by atoms with van der Waals surface area (Å²) in [6, 6.07) is 46.2. The molecule has 0 fully saturated rings. The molecule has 42 heavy (non-hydrogen) atoms. The highest BCUT2D eigenvalue weighted by Crippen LogP contribution is 2.49. The number of nitrogens with one attached hydrogen (secondary N) is 1. The Morgan fingerprint density at radius 2 is 1.26 bits per heavy atom. The van der Waals surface area contributed by atoms with E-state index in [0.29, 0.717) is 5.84 Å². The predicted molar refractivity (Wildman–Crippen MR) is 176 cm³/mol. The minimum Gasteiger partial charge on any atom is -0.383 e. The van der Waals surface area contributed by atoms with E-state index in [-0.39, 0.29) is 11.3 Å². The zero-order valence-electron chi connectivity index (χ0n) is 23.7. The van der Waals surface area contributed by atoms with Crippen LogP contribution in [0.2, 0.25) is 0 Å². The van der Waals surface area contributed by atoms with Crippen LogP contribution in [0.4, 0.5) is 0 Å². The molecule has 202 valence electrons. The molecule has 0 heterocycles. The third kappa shape index (κ3) is 4.22. The molecule has 3 heteroatoms. The largest absolute Gasteiger partial charge is 0.383 e.